The van der Waals surface area contributed by atoms with Crippen LogP contribution in [0.4, 0.5) is 5.69 Å². The summed E-state index contributed by atoms with van der Waals surface area (Å²) in [5.41, 5.74) is 3.19. The Balaban J connectivity index is 3.01. The third kappa shape index (κ3) is 3.47. The van der Waals surface area contributed by atoms with Crippen molar-refractivity contribution in [3.63, 3.8) is 0 Å². The first-order chi connectivity index (χ1) is 7.97. The lowest BCUT2D eigenvalue weighted by Crippen LogP contribution is -2.22. The molecule has 0 heterocycles. The van der Waals surface area contributed by atoms with Crippen molar-refractivity contribution in [1.82, 2.24) is 0 Å². The number of aryl methyl sites for hydroxylation is 1. The number of rotatable bonds is 4. The minimum atomic E-state index is -0.170. The highest BCUT2D eigenvalue weighted by Crippen LogP contribution is 2.27. The van der Waals surface area contributed by atoms with Crippen LogP contribution in [-0.2, 0) is 4.79 Å². The standard InChI is InChI=1S/C14H20ClNO/c1-9(2)12-7-5-6-10(3)13(12)16-14(17)11(4)8-15/h5-7,9,11H,8H2,1-4H3,(H,16,17). The second kappa shape index (κ2) is 6.06. The van der Waals surface area contributed by atoms with Crippen molar-refractivity contribution in [2.75, 3.05) is 11.2 Å². The number of halogens is 1. The number of carbonyl (C=O) groups excluding carboxylic acids is 1. The predicted octanol–water partition coefficient (Wildman–Crippen LogP) is 3.93. The SMILES string of the molecule is Cc1cccc(C(C)C)c1NC(=O)C(C)CCl. The van der Waals surface area contributed by atoms with E-state index in [0.717, 1.165) is 11.3 Å². The van der Waals surface area contributed by atoms with Gasteiger partial charge in [0, 0.05) is 17.5 Å². The zero-order valence-electron chi connectivity index (χ0n) is 10.9. The highest BCUT2D eigenvalue weighted by atomic mass is 35.5. The molecule has 17 heavy (non-hydrogen) atoms. The highest BCUT2D eigenvalue weighted by Gasteiger charge is 2.15. The van der Waals surface area contributed by atoms with Gasteiger partial charge in [-0.2, -0.15) is 0 Å². The number of carbonyl (C=O) groups is 1. The maximum absolute atomic E-state index is 11.9. The van der Waals surface area contributed by atoms with Gasteiger partial charge in [-0.1, -0.05) is 39.0 Å². The van der Waals surface area contributed by atoms with Crippen LogP contribution in [0, 0.1) is 12.8 Å². The van der Waals surface area contributed by atoms with Crippen LogP contribution in [0.15, 0.2) is 18.2 Å². The second-order valence-electron chi connectivity index (χ2n) is 4.74. The first kappa shape index (κ1) is 14.0. The van der Waals surface area contributed by atoms with E-state index in [1.165, 1.54) is 5.56 Å². The van der Waals surface area contributed by atoms with Crippen LogP contribution < -0.4 is 5.32 Å². The average molecular weight is 254 g/mol. The first-order valence-electron chi connectivity index (χ1n) is 5.93. The topological polar surface area (TPSA) is 29.1 Å². The summed E-state index contributed by atoms with van der Waals surface area (Å²) in [4.78, 5) is 11.9. The minimum absolute atomic E-state index is 0.0174. The molecule has 2 nitrogen and oxygen atoms in total. The van der Waals surface area contributed by atoms with E-state index in [1.54, 1.807) is 0 Å². The lowest BCUT2D eigenvalue weighted by Gasteiger charge is -2.17. The molecule has 0 radical (unpaired) electrons. The normalized spacial score (nSPS) is 12.6. The summed E-state index contributed by atoms with van der Waals surface area (Å²) in [5.74, 6) is 0.540. The van der Waals surface area contributed by atoms with E-state index in [4.69, 9.17) is 11.6 Å². The summed E-state index contributed by atoms with van der Waals surface area (Å²) >= 11 is 5.69. The van der Waals surface area contributed by atoms with Crippen molar-refractivity contribution in [2.45, 2.75) is 33.6 Å². The average Bonchev–Trinajstić information content (AvgIpc) is 2.30. The van der Waals surface area contributed by atoms with Crippen molar-refractivity contribution in [3.05, 3.63) is 29.3 Å². The molecule has 0 aliphatic carbocycles. The zero-order valence-corrected chi connectivity index (χ0v) is 11.6. The van der Waals surface area contributed by atoms with Gasteiger partial charge in [0.25, 0.3) is 0 Å². The molecule has 0 fully saturated rings. The Bertz CT molecular complexity index is 401. The molecule has 1 rings (SSSR count). The van der Waals surface area contributed by atoms with Gasteiger partial charge in [-0.25, -0.2) is 0 Å². The van der Waals surface area contributed by atoms with Crippen LogP contribution in [0.25, 0.3) is 0 Å². The smallest absolute Gasteiger partial charge is 0.228 e. The number of anilines is 1. The molecule has 0 saturated heterocycles. The molecule has 0 bridgehead atoms. The minimum Gasteiger partial charge on any atom is -0.325 e. The van der Waals surface area contributed by atoms with Crippen molar-refractivity contribution in [1.29, 1.82) is 0 Å². The molecule has 0 spiro atoms. The molecule has 1 amide bonds. The zero-order chi connectivity index (χ0) is 13.0. The molecule has 0 saturated carbocycles. The number of nitrogens with one attached hydrogen (secondary N) is 1. The monoisotopic (exact) mass is 253 g/mol. The molecule has 1 unspecified atom stereocenters. The Labute approximate surface area is 108 Å². The lowest BCUT2D eigenvalue weighted by atomic mass is 9.98. The summed E-state index contributed by atoms with van der Waals surface area (Å²) in [6, 6.07) is 6.08. The molecule has 1 aromatic rings. The summed E-state index contributed by atoms with van der Waals surface area (Å²) in [6.45, 7) is 8.08. The van der Waals surface area contributed by atoms with Crippen molar-refractivity contribution in [2.24, 2.45) is 5.92 Å². The van der Waals surface area contributed by atoms with Gasteiger partial charge >= 0.3 is 0 Å². The van der Waals surface area contributed by atoms with Gasteiger partial charge in [0.1, 0.15) is 0 Å². The van der Waals surface area contributed by atoms with Crippen molar-refractivity contribution in [3.8, 4) is 0 Å². The maximum atomic E-state index is 11.9. The Morgan fingerprint density at radius 1 is 1.35 bits per heavy atom. The first-order valence-corrected chi connectivity index (χ1v) is 6.47. The summed E-state index contributed by atoms with van der Waals surface area (Å²) < 4.78 is 0. The number of para-hydroxylation sites is 1. The van der Waals surface area contributed by atoms with Crippen LogP contribution >= 0.6 is 11.6 Å². The van der Waals surface area contributed by atoms with Gasteiger partial charge < -0.3 is 5.32 Å². The van der Waals surface area contributed by atoms with Crippen LogP contribution in [0.5, 0.6) is 0 Å². The number of amides is 1. The molecule has 0 aliphatic heterocycles. The Morgan fingerprint density at radius 2 is 2.00 bits per heavy atom. The third-order valence-electron chi connectivity index (χ3n) is 2.85. The van der Waals surface area contributed by atoms with Gasteiger partial charge in [0.05, 0.1) is 0 Å². The van der Waals surface area contributed by atoms with E-state index in [2.05, 4.69) is 25.2 Å². The maximum Gasteiger partial charge on any atom is 0.228 e. The van der Waals surface area contributed by atoms with Gasteiger partial charge in [0.2, 0.25) is 5.91 Å². The predicted molar refractivity (Wildman–Crippen MR) is 73.8 cm³/mol. The third-order valence-corrected chi connectivity index (χ3v) is 3.32. The fourth-order valence-electron chi connectivity index (χ4n) is 1.66. The van der Waals surface area contributed by atoms with E-state index in [1.807, 2.05) is 26.0 Å². The van der Waals surface area contributed by atoms with E-state index in [-0.39, 0.29) is 11.8 Å². The molecular weight excluding hydrogens is 234 g/mol. The van der Waals surface area contributed by atoms with Gasteiger partial charge in [-0.05, 0) is 24.0 Å². The molecule has 1 N–H and O–H groups in total. The number of hydrogen-bond acceptors (Lipinski definition) is 1. The number of alkyl halides is 1. The largest absolute Gasteiger partial charge is 0.325 e. The van der Waals surface area contributed by atoms with Crippen molar-refractivity contribution < 1.29 is 4.79 Å². The highest BCUT2D eigenvalue weighted by molar-refractivity contribution is 6.19. The Morgan fingerprint density at radius 3 is 2.53 bits per heavy atom. The fourth-order valence-corrected chi connectivity index (χ4v) is 1.80. The number of benzene rings is 1. The molecule has 0 aromatic heterocycles. The second-order valence-corrected chi connectivity index (χ2v) is 5.05. The van der Waals surface area contributed by atoms with Crippen LogP contribution in [0.2, 0.25) is 0 Å². The Kier molecular flexibility index (Phi) is 5.01. The molecule has 94 valence electrons. The van der Waals surface area contributed by atoms with Crippen molar-refractivity contribution >= 4 is 23.2 Å². The van der Waals surface area contributed by atoms with Crippen LogP contribution in [0.1, 0.15) is 37.8 Å². The summed E-state index contributed by atoms with van der Waals surface area (Å²) in [6.07, 6.45) is 0. The molecule has 3 heteroatoms. The van der Waals surface area contributed by atoms with E-state index in [9.17, 15) is 4.79 Å². The lowest BCUT2D eigenvalue weighted by molar-refractivity contribution is -0.118. The molecular formula is C14H20ClNO. The fraction of sp³-hybridized carbons (Fsp3) is 0.500. The Hall–Kier alpha value is -1.02. The van der Waals surface area contributed by atoms with E-state index < -0.39 is 0 Å². The molecule has 1 aromatic carbocycles. The number of hydrogen-bond donors (Lipinski definition) is 1. The van der Waals surface area contributed by atoms with E-state index in [0.29, 0.717) is 11.8 Å². The summed E-state index contributed by atoms with van der Waals surface area (Å²) in [7, 11) is 0. The van der Waals surface area contributed by atoms with Gasteiger partial charge in [0.15, 0.2) is 0 Å². The molecule has 1 atom stereocenters. The molecule has 0 aliphatic rings. The van der Waals surface area contributed by atoms with Gasteiger partial charge in [-0.3, -0.25) is 4.79 Å². The van der Waals surface area contributed by atoms with Gasteiger partial charge in [-0.15, -0.1) is 11.6 Å². The van der Waals surface area contributed by atoms with Crippen LogP contribution in [-0.4, -0.2) is 11.8 Å². The van der Waals surface area contributed by atoms with Crippen LogP contribution in [0.3, 0.4) is 0 Å². The summed E-state index contributed by atoms with van der Waals surface area (Å²) in [5, 5.41) is 2.99. The van der Waals surface area contributed by atoms with E-state index >= 15 is 0 Å². The quantitative estimate of drug-likeness (QED) is 0.810.